The fraction of sp³-hybridized carbons (Fsp3) is 0.625. The molecule has 4 saturated heterocycles. The van der Waals surface area contributed by atoms with Crippen LogP contribution in [0.5, 0.6) is 0 Å². The number of piperidine rings is 4. The maximum absolute atomic E-state index is 3.78. The number of aryl methyl sites for hydroxylation is 1. The van der Waals surface area contributed by atoms with Crippen molar-refractivity contribution in [3.8, 4) is 0 Å². The van der Waals surface area contributed by atoms with Crippen molar-refractivity contribution in [3.63, 3.8) is 0 Å². The predicted octanol–water partition coefficient (Wildman–Crippen LogP) is 2.72. The van der Waals surface area contributed by atoms with Crippen LogP contribution < -0.4 is 10.2 Å². The van der Waals surface area contributed by atoms with Gasteiger partial charge in [-0.15, -0.1) is 0 Å². The van der Waals surface area contributed by atoms with E-state index in [4.69, 9.17) is 0 Å². The molecule has 4 heterocycles. The van der Waals surface area contributed by atoms with E-state index in [1.807, 2.05) is 0 Å². The van der Waals surface area contributed by atoms with Crippen LogP contribution in [0.3, 0.4) is 0 Å². The highest BCUT2D eigenvalue weighted by molar-refractivity contribution is 5.51. The first-order valence-corrected chi connectivity index (χ1v) is 7.47. The van der Waals surface area contributed by atoms with Gasteiger partial charge in [0.2, 0.25) is 0 Å². The summed E-state index contributed by atoms with van der Waals surface area (Å²) in [5.74, 6) is 0. The largest absolute Gasteiger partial charge is 0.365 e. The van der Waals surface area contributed by atoms with Crippen molar-refractivity contribution in [2.45, 2.75) is 63.2 Å². The molecule has 2 heteroatoms. The third-order valence-electron chi connectivity index (χ3n) is 5.13. The topological polar surface area (TPSA) is 15.3 Å². The quantitative estimate of drug-likeness (QED) is 0.858. The van der Waals surface area contributed by atoms with E-state index in [0.717, 1.165) is 30.6 Å². The van der Waals surface area contributed by atoms with Crippen LogP contribution in [0.2, 0.25) is 0 Å². The smallest absolute Gasteiger partial charge is 0.0371 e. The van der Waals surface area contributed by atoms with Gasteiger partial charge in [-0.2, -0.15) is 0 Å². The molecule has 2 nitrogen and oxygen atoms in total. The van der Waals surface area contributed by atoms with E-state index < -0.39 is 0 Å². The summed E-state index contributed by atoms with van der Waals surface area (Å²) in [7, 11) is 0. The summed E-state index contributed by atoms with van der Waals surface area (Å²) >= 11 is 0. The van der Waals surface area contributed by atoms with Crippen LogP contribution in [-0.4, -0.2) is 24.2 Å². The van der Waals surface area contributed by atoms with Crippen molar-refractivity contribution in [1.29, 1.82) is 0 Å². The molecule has 0 aromatic heterocycles. The zero-order chi connectivity index (χ0) is 12.1. The van der Waals surface area contributed by atoms with Crippen LogP contribution in [0, 0.1) is 0 Å². The molecule has 0 saturated carbocycles. The SMILES string of the molecule is CCc1ccc(N2C3CC4CC2CC(C3)N4)cc1. The number of hydrogen-bond donors (Lipinski definition) is 1. The molecular formula is C16H22N2. The lowest BCUT2D eigenvalue weighted by atomic mass is 9.74. The molecular weight excluding hydrogens is 220 g/mol. The molecule has 5 rings (SSSR count). The number of benzene rings is 1. The average Bonchev–Trinajstić information content (AvgIpc) is 2.38. The average molecular weight is 242 g/mol. The maximum atomic E-state index is 3.78. The fourth-order valence-corrected chi connectivity index (χ4v) is 4.38. The Morgan fingerprint density at radius 3 is 2.06 bits per heavy atom. The molecule has 0 spiro atoms. The van der Waals surface area contributed by atoms with Crippen molar-refractivity contribution >= 4 is 5.69 Å². The molecule has 4 fully saturated rings. The number of nitrogens with one attached hydrogen (secondary N) is 1. The summed E-state index contributed by atoms with van der Waals surface area (Å²) in [6.07, 6.45) is 6.54. The first-order valence-electron chi connectivity index (χ1n) is 7.47. The lowest BCUT2D eigenvalue weighted by Crippen LogP contribution is -2.67. The number of anilines is 1. The molecule has 1 N–H and O–H groups in total. The van der Waals surface area contributed by atoms with Crippen LogP contribution in [0.4, 0.5) is 5.69 Å². The molecule has 0 aliphatic carbocycles. The van der Waals surface area contributed by atoms with Gasteiger partial charge < -0.3 is 10.2 Å². The normalized spacial score (nSPS) is 37.3. The minimum atomic E-state index is 0.793. The van der Waals surface area contributed by atoms with Crippen molar-refractivity contribution in [1.82, 2.24) is 5.32 Å². The van der Waals surface area contributed by atoms with Crippen LogP contribution in [0.1, 0.15) is 38.2 Å². The van der Waals surface area contributed by atoms with Crippen molar-refractivity contribution in [3.05, 3.63) is 29.8 Å². The standard InChI is InChI=1S/C16H22N2/c1-2-11-3-5-14(6-4-11)18-15-7-12-8-16(18)10-13(9-15)17-12/h3-6,12-13,15-17H,2,7-10H2,1H3. The summed E-state index contributed by atoms with van der Waals surface area (Å²) in [5, 5.41) is 3.78. The zero-order valence-corrected chi connectivity index (χ0v) is 11.1. The lowest BCUT2D eigenvalue weighted by Gasteiger charge is -2.58. The molecule has 1 aromatic rings. The van der Waals surface area contributed by atoms with Gasteiger partial charge in [0.25, 0.3) is 0 Å². The Morgan fingerprint density at radius 1 is 1.00 bits per heavy atom. The summed E-state index contributed by atoms with van der Waals surface area (Å²) < 4.78 is 0. The van der Waals surface area contributed by atoms with Gasteiger partial charge in [-0.3, -0.25) is 0 Å². The van der Waals surface area contributed by atoms with Crippen LogP contribution in [-0.2, 0) is 6.42 Å². The Morgan fingerprint density at radius 2 is 1.56 bits per heavy atom. The van der Waals surface area contributed by atoms with Gasteiger partial charge in [0.15, 0.2) is 0 Å². The Balaban J connectivity index is 1.63. The molecule has 18 heavy (non-hydrogen) atoms. The molecule has 0 amide bonds. The second-order valence-electron chi connectivity index (χ2n) is 6.24. The first-order chi connectivity index (χ1) is 8.83. The Labute approximate surface area is 109 Å². The van der Waals surface area contributed by atoms with E-state index in [9.17, 15) is 0 Å². The molecule has 4 bridgehead atoms. The molecule has 1 aromatic carbocycles. The number of nitrogens with zero attached hydrogens (tertiary/aromatic N) is 1. The monoisotopic (exact) mass is 242 g/mol. The highest BCUT2D eigenvalue weighted by atomic mass is 15.3. The van der Waals surface area contributed by atoms with Gasteiger partial charge in [0, 0.05) is 29.9 Å². The number of hydrogen-bond acceptors (Lipinski definition) is 2. The lowest BCUT2D eigenvalue weighted by molar-refractivity contribution is 0.135. The minimum Gasteiger partial charge on any atom is -0.365 e. The van der Waals surface area contributed by atoms with Crippen LogP contribution >= 0.6 is 0 Å². The van der Waals surface area contributed by atoms with Crippen molar-refractivity contribution < 1.29 is 0 Å². The molecule has 0 unspecified atom stereocenters. The van der Waals surface area contributed by atoms with Gasteiger partial charge in [-0.05, 0) is 49.8 Å². The van der Waals surface area contributed by atoms with Crippen LogP contribution in [0.25, 0.3) is 0 Å². The first kappa shape index (κ1) is 10.9. The second kappa shape index (κ2) is 3.99. The summed E-state index contributed by atoms with van der Waals surface area (Å²) in [4.78, 5) is 2.73. The molecule has 4 aliphatic rings. The van der Waals surface area contributed by atoms with Crippen LogP contribution in [0.15, 0.2) is 24.3 Å². The van der Waals surface area contributed by atoms with E-state index in [1.54, 1.807) is 0 Å². The van der Waals surface area contributed by atoms with E-state index >= 15 is 0 Å². The Kier molecular flexibility index (Phi) is 2.41. The van der Waals surface area contributed by atoms with E-state index in [-0.39, 0.29) is 0 Å². The predicted molar refractivity (Wildman–Crippen MR) is 75.1 cm³/mol. The van der Waals surface area contributed by atoms with Gasteiger partial charge in [-0.25, -0.2) is 0 Å². The van der Waals surface area contributed by atoms with Gasteiger partial charge in [0.1, 0.15) is 0 Å². The highest BCUT2D eigenvalue weighted by Gasteiger charge is 2.46. The van der Waals surface area contributed by atoms with Gasteiger partial charge >= 0.3 is 0 Å². The van der Waals surface area contributed by atoms with E-state index in [1.165, 1.54) is 36.9 Å². The molecule has 96 valence electrons. The van der Waals surface area contributed by atoms with Crippen molar-refractivity contribution in [2.24, 2.45) is 0 Å². The fourth-order valence-electron chi connectivity index (χ4n) is 4.38. The Bertz CT molecular complexity index is 409. The van der Waals surface area contributed by atoms with E-state index in [2.05, 4.69) is 41.4 Å². The third kappa shape index (κ3) is 1.58. The van der Waals surface area contributed by atoms with E-state index in [0.29, 0.717) is 0 Å². The van der Waals surface area contributed by atoms with Gasteiger partial charge in [0.05, 0.1) is 0 Å². The van der Waals surface area contributed by atoms with Crippen molar-refractivity contribution in [2.75, 3.05) is 4.90 Å². The highest BCUT2D eigenvalue weighted by Crippen LogP contribution is 2.41. The summed E-state index contributed by atoms with van der Waals surface area (Å²) in [5.41, 5.74) is 2.91. The van der Waals surface area contributed by atoms with Gasteiger partial charge in [-0.1, -0.05) is 19.1 Å². The molecule has 0 atom stereocenters. The summed E-state index contributed by atoms with van der Waals surface area (Å²) in [6.45, 7) is 2.23. The number of rotatable bonds is 2. The maximum Gasteiger partial charge on any atom is 0.0371 e. The third-order valence-corrected chi connectivity index (χ3v) is 5.13. The molecule has 0 radical (unpaired) electrons. The zero-order valence-electron chi connectivity index (χ0n) is 11.1. The second-order valence-corrected chi connectivity index (χ2v) is 6.24. The minimum absolute atomic E-state index is 0.793. The molecule has 4 aliphatic heterocycles. The summed E-state index contributed by atoms with van der Waals surface area (Å²) in [6, 6.07) is 12.5. The Hall–Kier alpha value is -1.02.